The van der Waals surface area contributed by atoms with Gasteiger partial charge >= 0.3 is 0 Å². The number of aromatic nitrogens is 2. The van der Waals surface area contributed by atoms with Crippen molar-refractivity contribution in [3.63, 3.8) is 0 Å². The van der Waals surface area contributed by atoms with Gasteiger partial charge in [-0.1, -0.05) is 12.1 Å². The highest BCUT2D eigenvalue weighted by Gasteiger charge is 2.23. The number of nitrogens with one attached hydrogen (secondary N) is 2. The van der Waals surface area contributed by atoms with Crippen molar-refractivity contribution in [2.45, 2.75) is 25.3 Å². The molecule has 0 spiro atoms. The van der Waals surface area contributed by atoms with Crippen LogP contribution in [0, 0.1) is 11.6 Å². The summed E-state index contributed by atoms with van der Waals surface area (Å²) < 4.78 is 26.4. The Morgan fingerprint density at radius 1 is 1.14 bits per heavy atom. The second-order valence-corrected chi connectivity index (χ2v) is 7.31. The first-order valence-corrected chi connectivity index (χ1v) is 9.67. The first-order chi connectivity index (χ1) is 14.1. The van der Waals surface area contributed by atoms with Gasteiger partial charge in [0.2, 0.25) is 5.91 Å². The summed E-state index contributed by atoms with van der Waals surface area (Å²) in [6, 6.07) is 14.3. The van der Waals surface area contributed by atoms with Crippen LogP contribution in [0.25, 0.3) is 11.3 Å². The Hall–Kier alpha value is -3.22. The molecule has 2 aromatic carbocycles. The lowest BCUT2D eigenvalue weighted by Crippen LogP contribution is -2.48. The average molecular weight is 396 g/mol. The summed E-state index contributed by atoms with van der Waals surface area (Å²) in [5, 5.41) is 10.4. The lowest BCUT2D eigenvalue weighted by atomic mass is 10.0. The van der Waals surface area contributed by atoms with E-state index in [1.54, 1.807) is 24.3 Å². The number of amides is 1. The molecule has 0 radical (unpaired) electrons. The molecule has 1 aliphatic rings. The first-order valence-electron chi connectivity index (χ1n) is 9.67. The summed E-state index contributed by atoms with van der Waals surface area (Å²) in [6.45, 7) is 1.51. The number of nitrogens with zero attached hydrogens (tertiary/aromatic N) is 2. The standard InChI is InChI=1S/C22H22F2N4O/c23-17-8-6-16(7-9-17)20-13-21(27-26-20)28-10-2-5-19(14-28)25-22(29)12-15-3-1-4-18(24)11-15/h1,3-4,6-9,11,13,19H,2,5,10,12,14H2,(H,25,29)(H,26,27). The largest absolute Gasteiger partial charge is 0.353 e. The summed E-state index contributed by atoms with van der Waals surface area (Å²) in [5.41, 5.74) is 2.34. The van der Waals surface area contributed by atoms with Crippen molar-refractivity contribution in [3.8, 4) is 11.3 Å². The second kappa shape index (κ2) is 8.43. The van der Waals surface area contributed by atoms with Crippen LogP contribution in [-0.2, 0) is 11.2 Å². The molecule has 2 heterocycles. The third-order valence-electron chi connectivity index (χ3n) is 5.08. The van der Waals surface area contributed by atoms with E-state index in [0.29, 0.717) is 12.1 Å². The Labute approximate surface area is 167 Å². The third-order valence-corrected chi connectivity index (χ3v) is 5.08. The van der Waals surface area contributed by atoms with E-state index in [9.17, 15) is 13.6 Å². The molecule has 3 aromatic rings. The maximum atomic E-state index is 13.3. The van der Waals surface area contributed by atoms with Crippen LogP contribution in [-0.4, -0.2) is 35.2 Å². The van der Waals surface area contributed by atoms with Gasteiger partial charge in [-0.25, -0.2) is 8.78 Å². The summed E-state index contributed by atoms with van der Waals surface area (Å²) in [6.07, 6.45) is 1.98. The number of halogens is 2. The van der Waals surface area contributed by atoms with Crippen molar-refractivity contribution < 1.29 is 13.6 Å². The zero-order valence-corrected chi connectivity index (χ0v) is 15.9. The van der Waals surface area contributed by atoms with Crippen LogP contribution in [0.2, 0.25) is 0 Å². The molecule has 1 saturated heterocycles. The molecule has 1 amide bonds. The Balaban J connectivity index is 1.37. The topological polar surface area (TPSA) is 61.0 Å². The number of H-pyrrole nitrogens is 1. The van der Waals surface area contributed by atoms with E-state index in [1.165, 1.54) is 24.3 Å². The maximum Gasteiger partial charge on any atom is 0.224 e. The van der Waals surface area contributed by atoms with Crippen LogP contribution < -0.4 is 10.2 Å². The van der Waals surface area contributed by atoms with Crippen LogP contribution in [0.15, 0.2) is 54.6 Å². The summed E-state index contributed by atoms with van der Waals surface area (Å²) >= 11 is 0. The molecule has 0 aliphatic carbocycles. The molecule has 29 heavy (non-hydrogen) atoms. The number of aromatic amines is 1. The number of carbonyl (C=O) groups excluding carboxylic acids is 1. The predicted octanol–water partition coefficient (Wildman–Crippen LogP) is 3.68. The smallest absolute Gasteiger partial charge is 0.224 e. The quantitative estimate of drug-likeness (QED) is 0.692. The summed E-state index contributed by atoms with van der Waals surface area (Å²) in [5.74, 6) is 0.0702. The number of hydrogen-bond donors (Lipinski definition) is 2. The van der Waals surface area contributed by atoms with Crippen LogP contribution in [0.4, 0.5) is 14.6 Å². The van der Waals surface area contributed by atoms with Gasteiger partial charge in [0.15, 0.2) is 5.82 Å². The number of carbonyl (C=O) groups is 1. The minimum Gasteiger partial charge on any atom is -0.353 e. The van der Waals surface area contributed by atoms with Crippen LogP contribution in [0.3, 0.4) is 0 Å². The maximum absolute atomic E-state index is 13.3. The molecule has 0 bridgehead atoms. The average Bonchev–Trinajstić information content (AvgIpc) is 3.19. The van der Waals surface area contributed by atoms with Gasteiger partial charge in [0, 0.05) is 25.2 Å². The fourth-order valence-corrected chi connectivity index (χ4v) is 3.66. The van der Waals surface area contributed by atoms with E-state index >= 15 is 0 Å². The Bertz CT molecular complexity index is 986. The molecule has 1 unspecified atom stereocenters. The highest BCUT2D eigenvalue weighted by molar-refractivity contribution is 5.79. The van der Waals surface area contributed by atoms with E-state index in [1.807, 2.05) is 6.07 Å². The molecular weight excluding hydrogens is 374 g/mol. The first kappa shape index (κ1) is 19.1. The van der Waals surface area contributed by atoms with E-state index in [0.717, 1.165) is 36.5 Å². The fourth-order valence-electron chi connectivity index (χ4n) is 3.66. The SMILES string of the molecule is O=C(Cc1cccc(F)c1)NC1CCCN(c2cc(-c3ccc(F)cc3)[nH]n2)C1. The Morgan fingerprint density at radius 3 is 2.76 bits per heavy atom. The van der Waals surface area contributed by atoms with E-state index < -0.39 is 0 Å². The summed E-state index contributed by atoms with van der Waals surface area (Å²) in [7, 11) is 0. The molecule has 1 atom stereocenters. The molecule has 1 aromatic heterocycles. The Morgan fingerprint density at radius 2 is 1.97 bits per heavy atom. The number of piperidine rings is 1. The van der Waals surface area contributed by atoms with Gasteiger partial charge in [-0.3, -0.25) is 9.89 Å². The van der Waals surface area contributed by atoms with E-state index in [2.05, 4.69) is 20.4 Å². The number of benzene rings is 2. The molecule has 7 heteroatoms. The van der Waals surface area contributed by atoms with Crippen molar-refractivity contribution in [3.05, 3.63) is 71.8 Å². The monoisotopic (exact) mass is 396 g/mol. The van der Waals surface area contributed by atoms with Gasteiger partial charge in [-0.05, 0) is 60.4 Å². The minimum absolute atomic E-state index is 0.00998. The van der Waals surface area contributed by atoms with E-state index in [4.69, 9.17) is 0 Å². The molecule has 4 rings (SSSR count). The molecule has 1 fully saturated rings. The van der Waals surface area contributed by atoms with Crippen LogP contribution in [0.1, 0.15) is 18.4 Å². The minimum atomic E-state index is -0.338. The number of rotatable bonds is 5. The normalized spacial score (nSPS) is 16.6. The molecule has 2 N–H and O–H groups in total. The van der Waals surface area contributed by atoms with Gasteiger partial charge in [-0.15, -0.1) is 0 Å². The molecular formula is C22H22F2N4O. The van der Waals surface area contributed by atoms with E-state index in [-0.39, 0.29) is 30.0 Å². The van der Waals surface area contributed by atoms with Crippen molar-refractivity contribution in [2.24, 2.45) is 0 Å². The second-order valence-electron chi connectivity index (χ2n) is 7.31. The number of anilines is 1. The highest BCUT2D eigenvalue weighted by Crippen LogP contribution is 2.24. The van der Waals surface area contributed by atoms with Gasteiger partial charge in [0.05, 0.1) is 12.1 Å². The van der Waals surface area contributed by atoms with Gasteiger partial charge in [-0.2, -0.15) is 5.10 Å². The van der Waals surface area contributed by atoms with Gasteiger partial charge in [0.25, 0.3) is 0 Å². The zero-order chi connectivity index (χ0) is 20.2. The van der Waals surface area contributed by atoms with Gasteiger partial charge in [0.1, 0.15) is 11.6 Å². The van der Waals surface area contributed by atoms with Crippen LogP contribution in [0.5, 0.6) is 0 Å². The fraction of sp³-hybridized carbons (Fsp3) is 0.273. The van der Waals surface area contributed by atoms with Crippen molar-refractivity contribution in [1.29, 1.82) is 0 Å². The van der Waals surface area contributed by atoms with Crippen molar-refractivity contribution in [1.82, 2.24) is 15.5 Å². The van der Waals surface area contributed by atoms with Crippen molar-refractivity contribution in [2.75, 3.05) is 18.0 Å². The Kier molecular flexibility index (Phi) is 5.55. The summed E-state index contributed by atoms with van der Waals surface area (Å²) in [4.78, 5) is 14.5. The lowest BCUT2D eigenvalue weighted by molar-refractivity contribution is -0.121. The van der Waals surface area contributed by atoms with Gasteiger partial charge < -0.3 is 10.2 Å². The highest BCUT2D eigenvalue weighted by atomic mass is 19.1. The molecule has 150 valence electrons. The lowest BCUT2D eigenvalue weighted by Gasteiger charge is -2.33. The molecule has 0 saturated carbocycles. The molecule has 1 aliphatic heterocycles. The van der Waals surface area contributed by atoms with Crippen molar-refractivity contribution >= 4 is 11.7 Å². The number of hydrogen-bond acceptors (Lipinski definition) is 3. The molecule has 5 nitrogen and oxygen atoms in total. The zero-order valence-electron chi connectivity index (χ0n) is 15.9. The van der Waals surface area contributed by atoms with Crippen LogP contribution >= 0.6 is 0 Å². The predicted molar refractivity (Wildman–Crippen MR) is 107 cm³/mol. The third kappa shape index (κ3) is 4.80.